The van der Waals surface area contributed by atoms with Gasteiger partial charge in [-0.05, 0) is 53.5 Å². The number of nitrogens with one attached hydrogen (secondary N) is 1. The van der Waals surface area contributed by atoms with E-state index in [0.717, 1.165) is 24.2 Å². The van der Waals surface area contributed by atoms with Crippen molar-refractivity contribution in [2.75, 3.05) is 12.3 Å². The van der Waals surface area contributed by atoms with Crippen LogP contribution in [0.1, 0.15) is 41.5 Å². The van der Waals surface area contributed by atoms with Crippen LogP contribution in [-0.2, 0) is 0 Å². The fraction of sp³-hybridized carbons (Fsp3) is 0.294. The minimum absolute atomic E-state index is 0.0418. The maximum Gasteiger partial charge on any atom is 0.293 e. The lowest BCUT2D eigenvalue weighted by Gasteiger charge is -2.04. The molecule has 1 amide bonds. The summed E-state index contributed by atoms with van der Waals surface area (Å²) in [6.07, 6.45) is 3.62. The molecule has 0 saturated carbocycles. The number of benzene rings is 1. The van der Waals surface area contributed by atoms with Crippen molar-refractivity contribution in [3.63, 3.8) is 0 Å². The summed E-state index contributed by atoms with van der Waals surface area (Å²) in [5.41, 5.74) is 9.35. The first kappa shape index (κ1) is 19.0. The summed E-state index contributed by atoms with van der Waals surface area (Å²) < 4.78 is 11.4. The molecule has 1 aromatic carbocycles. The highest BCUT2D eigenvalue weighted by molar-refractivity contribution is 5.94. The van der Waals surface area contributed by atoms with Gasteiger partial charge in [0.15, 0.2) is 5.69 Å². The number of aromatic nitrogens is 5. The normalized spacial score (nSPS) is 11.1. The molecule has 3 rings (SSSR count). The van der Waals surface area contributed by atoms with Crippen LogP contribution in [0.3, 0.4) is 0 Å². The number of nitrogens with zero attached hydrogens (tertiary/aromatic N) is 6. The Morgan fingerprint density at radius 3 is 2.82 bits per heavy atom. The molecule has 2 aromatic heterocycles. The number of nitrogens with two attached hydrogens (primary N) is 1. The highest BCUT2D eigenvalue weighted by Crippen LogP contribution is 2.14. The molecule has 28 heavy (non-hydrogen) atoms. The summed E-state index contributed by atoms with van der Waals surface area (Å²) >= 11 is 0. The molecule has 2 heterocycles. The summed E-state index contributed by atoms with van der Waals surface area (Å²) in [5, 5.41) is 18.7. The molecule has 0 atom stereocenters. The molecule has 3 aromatic rings. The first-order chi connectivity index (χ1) is 13.6. The quantitative estimate of drug-likeness (QED) is 0.337. The molecule has 0 aliphatic rings. The molecule has 0 saturated heterocycles. The van der Waals surface area contributed by atoms with Gasteiger partial charge >= 0.3 is 0 Å². The molecule has 0 spiro atoms. The third-order valence-electron chi connectivity index (χ3n) is 3.83. The van der Waals surface area contributed by atoms with E-state index in [2.05, 4.69) is 42.7 Å². The standard InChI is InChI=1S/C17H20N8O3/c1-3-4-9-27-13-7-5-12(6-8-13)10-19-21-17(26)14-11(2)25(24-20-14)16-15(18)22-28-23-16/h5-8,10H,3-4,9H2,1-2H3,(H2,18,22)(H,21,26). The zero-order chi connectivity index (χ0) is 19.9. The van der Waals surface area contributed by atoms with Crippen LogP contribution in [0.2, 0.25) is 0 Å². The van der Waals surface area contributed by atoms with Crippen molar-refractivity contribution in [3.8, 4) is 11.6 Å². The highest BCUT2D eigenvalue weighted by atomic mass is 16.6. The Bertz CT molecular complexity index is 961. The molecule has 3 N–H and O–H groups in total. The van der Waals surface area contributed by atoms with Gasteiger partial charge in [0.05, 0.1) is 18.5 Å². The number of hydrazone groups is 1. The van der Waals surface area contributed by atoms with Crippen molar-refractivity contribution in [2.24, 2.45) is 5.10 Å². The lowest BCUT2D eigenvalue weighted by Crippen LogP contribution is -2.19. The average Bonchev–Trinajstić information content (AvgIpc) is 3.28. The number of hydrogen-bond donors (Lipinski definition) is 2. The highest BCUT2D eigenvalue weighted by Gasteiger charge is 2.20. The predicted molar refractivity (Wildman–Crippen MR) is 100 cm³/mol. The van der Waals surface area contributed by atoms with Crippen LogP contribution in [0.5, 0.6) is 5.75 Å². The van der Waals surface area contributed by atoms with Crippen molar-refractivity contribution in [1.82, 2.24) is 30.7 Å². The van der Waals surface area contributed by atoms with Gasteiger partial charge in [0.2, 0.25) is 11.6 Å². The van der Waals surface area contributed by atoms with Crippen molar-refractivity contribution in [1.29, 1.82) is 0 Å². The van der Waals surface area contributed by atoms with Crippen LogP contribution < -0.4 is 15.9 Å². The van der Waals surface area contributed by atoms with Crippen molar-refractivity contribution < 1.29 is 14.2 Å². The van der Waals surface area contributed by atoms with Gasteiger partial charge in [-0.3, -0.25) is 4.79 Å². The smallest absolute Gasteiger partial charge is 0.293 e. The molecule has 0 aliphatic heterocycles. The summed E-state index contributed by atoms with van der Waals surface area (Å²) in [4.78, 5) is 12.3. The molecule has 146 valence electrons. The summed E-state index contributed by atoms with van der Waals surface area (Å²) in [5.74, 6) is 0.479. The first-order valence-electron chi connectivity index (χ1n) is 8.67. The van der Waals surface area contributed by atoms with E-state index in [1.165, 1.54) is 10.9 Å². The second-order valence-electron chi connectivity index (χ2n) is 5.88. The zero-order valence-corrected chi connectivity index (χ0v) is 15.5. The van der Waals surface area contributed by atoms with E-state index in [9.17, 15) is 4.79 Å². The van der Waals surface area contributed by atoms with Crippen LogP contribution in [0.4, 0.5) is 5.82 Å². The minimum Gasteiger partial charge on any atom is -0.494 e. The van der Waals surface area contributed by atoms with Crippen LogP contribution in [-0.4, -0.2) is 44.0 Å². The van der Waals surface area contributed by atoms with E-state index in [0.29, 0.717) is 12.3 Å². The van der Waals surface area contributed by atoms with Crippen molar-refractivity contribution in [3.05, 3.63) is 41.2 Å². The van der Waals surface area contributed by atoms with E-state index in [1.807, 2.05) is 24.3 Å². The first-order valence-corrected chi connectivity index (χ1v) is 8.67. The third kappa shape index (κ3) is 4.31. The lowest BCUT2D eigenvalue weighted by molar-refractivity contribution is 0.0949. The Morgan fingerprint density at radius 1 is 1.36 bits per heavy atom. The van der Waals surface area contributed by atoms with E-state index < -0.39 is 5.91 Å². The molecule has 0 aliphatic carbocycles. The van der Waals surface area contributed by atoms with Gasteiger partial charge in [0, 0.05) is 0 Å². The third-order valence-corrected chi connectivity index (χ3v) is 3.83. The average molecular weight is 384 g/mol. The number of carbonyl (C=O) groups excluding carboxylic acids is 1. The zero-order valence-electron chi connectivity index (χ0n) is 15.5. The van der Waals surface area contributed by atoms with Crippen molar-refractivity contribution in [2.45, 2.75) is 26.7 Å². The second-order valence-corrected chi connectivity index (χ2v) is 5.88. The number of rotatable bonds is 8. The predicted octanol–water partition coefficient (Wildman–Crippen LogP) is 1.48. The number of hydrogen-bond acceptors (Lipinski definition) is 9. The fourth-order valence-corrected chi connectivity index (χ4v) is 2.28. The number of unbranched alkanes of at least 4 members (excludes halogenated alkanes) is 1. The maximum absolute atomic E-state index is 12.3. The van der Waals surface area contributed by atoms with Crippen LogP contribution in [0.25, 0.3) is 5.82 Å². The summed E-state index contributed by atoms with van der Waals surface area (Å²) in [6.45, 7) is 4.44. The molecular formula is C17H20N8O3. The SMILES string of the molecule is CCCCOc1ccc(C=NNC(=O)c2nnn(-c3nonc3N)c2C)cc1. The Balaban J connectivity index is 1.60. The number of nitrogen functional groups attached to an aromatic ring is 1. The summed E-state index contributed by atoms with van der Waals surface area (Å²) in [7, 11) is 0. The van der Waals surface area contributed by atoms with Gasteiger partial charge in [0.1, 0.15) is 5.75 Å². The van der Waals surface area contributed by atoms with Gasteiger partial charge in [0.25, 0.3) is 5.91 Å². The number of carbonyl (C=O) groups is 1. The van der Waals surface area contributed by atoms with E-state index in [1.54, 1.807) is 6.92 Å². The molecule has 11 nitrogen and oxygen atoms in total. The molecule has 0 radical (unpaired) electrons. The molecule has 0 unspecified atom stereocenters. The summed E-state index contributed by atoms with van der Waals surface area (Å²) in [6, 6.07) is 7.40. The van der Waals surface area contributed by atoms with Gasteiger partial charge in [-0.25, -0.2) is 10.1 Å². The molecule has 11 heteroatoms. The van der Waals surface area contributed by atoms with E-state index in [-0.39, 0.29) is 17.3 Å². The van der Waals surface area contributed by atoms with Crippen LogP contribution in [0, 0.1) is 6.92 Å². The van der Waals surface area contributed by atoms with Crippen LogP contribution >= 0.6 is 0 Å². The number of amides is 1. The second kappa shape index (κ2) is 8.75. The van der Waals surface area contributed by atoms with Gasteiger partial charge in [-0.1, -0.05) is 18.6 Å². The molecule has 0 bridgehead atoms. The topological polar surface area (TPSA) is 146 Å². The molecular weight excluding hydrogens is 364 g/mol. The maximum atomic E-state index is 12.3. The molecule has 0 fully saturated rings. The van der Waals surface area contributed by atoms with Crippen molar-refractivity contribution >= 4 is 17.9 Å². The largest absolute Gasteiger partial charge is 0.494 e. The Kier molecular flexibility index (Phi) is 5.94. The van der Waals surface area contributed by atoms with E-state index >= 15 is 0 Å². The minimum atomic E-state index is -0.519. The fourth-order valence-electron chi connectivity index (χ4n) is 2.28. The number of anilines is 1. The van der Waals surface area contributed by atoms with Gasteiger partial charge in [-0.15, -0.1) is 5.10 Å². The Morgan fingerprint density at radius 2 is 2.14 bits per heavy atom. The Hall–Kier alpha value is -3.76. The van der Waals surface area contributed by atoms with Gasteiger partial charge in [-0.2, -0.15) is 9.78 Å². The lowest BCUT2D eigenvalue weighted by atomic mass is 10.2. The van der Waals surface area contributed by atoms with Gasteiger partial charge < -0.3 is 10.5 Å². The van der Waals surface area contributed by atoms with E-state index in [4.69, 9.17) is 10.5 Å². The monoisotopic (exact) mass is 384 g/mol. The van der Waals surface area contributed by atoms with Crippen LogP contribution in [0.15, 0.2) is 34.0 Å². The number of ether oxygens (including phenoxy) is 1. The Labute approximate surface area is 160 Å².